The first-order valence-corrected chi connectivity index (χ1v) is 8.90. The number of halogens is 1. The molecule has 142 valence electrons. The molecule has 0 radical (unpaired) electrons. The molecule has 2 unspecified atom stereocenters. The first kappa shape index (κ1) is 17.6. The van der Waals surface area contributed by atoms with Crippen LogP contribution in [0.25, 0.3) is 0 Å². The number of para-hydroxylation sites is 1. The highest BCUT2D eigenvalue weighted by Crippen LogP contribution is 2.33. The van der Waals surface area contributed by atoms with Gasteiger partial charge in [0.25, 0.3) is 5.91 Å². The van der Waals surface area contributed by atoms with Crippen LogP contribution in [-0.4, -0.2) is 44.5 Å². The molecule has 6 nitrogen and oxygen atoms in total. The summed E-state index contributed by atoms with van der Waals surface area (Å²) < 4.78 is 36.0. The van der Waals surface area contributed by atoms with Gasteiger partial charge >= 0.3 is 0 Å². The maximum atomic E-state index is 13.4. The van der Waals surface area contributed by atoms with E-state index in [0.29, 0.717) is 55.7 Å². The van der Waals surface area contributed by atoms with Crippen molar-refractivity contribution in [2.75, 3.05) is 26.4 Å². The number of fused-ring (bicyclic) bond motifs is 1. The summed E-state index contributed by atoms with van der Waals surface area (Å²) >= 11 is 0. The molecule has 2 aliphatic heterocycles. The van der Waals surface area contributed by atoms with Crippen molar-refractivity contribution >= 4 is 5.91 Å². The van der Waals surface area contributed by atoms with Gasteiger partial charge in [0.2, 0.25) is 0 Å². The average Bonchev–Trinajstić information content (AvgIpc) is 2.69. The Bertz CT molecular complexity index is 828. The third-order valence-electron chi connectivity index (χ3n) is 4.50. The summed E-state index contributed by atoms with van der Waals surface area (Å²) in [6.45, 7) is 1.69. The van der Waals surface area contributed by atoms with Crippen LogP contribution in [0, 0.1) is 5.82 Å². The van der Waals surface area contributed by atoms with Gasteiger partial charge in [-0.1, -0.05) is 12.1 Å². The molecule has 0 spiro atoms. The molecule has 2 aromatic rings. The van der Waals surface area contributed by atoms with Gasteiger partial charge in [0.15, 0.2) is 11.5 Å². The smallest absolute Gasteiger partial charge is 0.255 e. The Kier molecular flexibility index (Phi) is 5.11. The molecular formula is C20H20FNO5. The molecule has 4 rings (SSSR count). The number of carbonyl (C=O) groups excluding carboxylic acids is 1. The van der Waals surface area contributed by atoms with Gasteiger partial charge in [-0.2, -0.15) is 0 Å². The molecule has 1 saturated heterocycles. The largest absolute Gasteiger partial charge is 0.488 e. The van der Waals surface area contributed by atoms with Gasteiger partial charge in [-0.25, -0.2) is 4.39 Å². The molecule has 2 aromatic carbocycles. The van der Waals surface area contributed by atoms with E-state index >= 15 is 0 Å². The zero-order valence-electron chi connectivity index (χ0n) is 14.7. The average molecular weight is 373 g/mol. The standard InChI is InChI=1S/C20H20FNO5/c21-13-3-1-4-14(11-13)27-17-7-8-24-12-16(17)22-20(23)15-5-2-6-18-19(15)26-10-9-25-18/h1-6,11,16-17H,7-10,12H2,(H,22,23). The van der Waals surface area contributed by atoms with Crippen LogP contribution in [0.3, 0.4) is 0 Å². The molecule has 2 heterocycles. The highest BCUT2D eigenvalue weighted by Gasteiger charge is 2.31. The summed E-state index contributed by atoms with van der Waals surface area (Å²) in [6.07, 6.45) is 0.273. The van der Waals surface area contributed by atoms with Crippen LogP contribution >= 0.6 is 0 Å². The van der Waals surface area contributed by atoms with E-state index in [-0.39, 0.29) is 23.9 Å². The third kappa shape index (κ3) is 3.98. The normalized spacial score (nSPS) is 21.4. The lowest BCUT2D eigenvalue weighted by molar-refractivity contribution is -0.00304. The topological polar surface area (TPSA) is 66.0 Å². The second-order valence-corrected chi connectivity index (χ2v) is 6.39. The summed E-state index contributed by atoms with van der Waals surface area (Å²) in [4.78, 5) is 12.8. The van der Waals surface area contributed by atoms with E-state index < -0.39 is 0 Å². The zero-order valence-corrected chi connectivity index (χ0v) is 14.7. The van der Waals surface area contributed by atoms with Crippen LogP contribution in [0.15, 0.2) is 42.5 Å². The number of hydrogen-bond donors (Lipinski definition) is 1. The molecule has 2 atom stereocenters. The van der Waals surface area contributed by atoms with Gasteiger partial charge in [-0.05, 0) is 24.3 Å². The first-order chi connectivity index (χ1) is 13.2. The molecule has 1 amide bonds. The Hall–Kier alpha value is -2.80. The molecule has 1 N–H and O–H groups in total. The van der Waals surface area contributed by atoms with Crippen molar-refractivity contribution in [2.45, 2.75) is 18.6 Å². The van der Waals surface area contributed by atoms with Crippen LogP contribution in [0.1, 0.15) is 16.8 Å². The van der Waals surface area contributed by atoms with E-state index in [1.54, 1.807) is 30.3 Å². The predicted molar refractivity (Wildman–Crippen MR) is 94.9 cm³/mol. The molecule has 0 aromatic heterocycles. The third-order valence-corrected chi connectivity index (χ3v) is 4.50. The summed E-state index contributed by atoms with van der Waals surface area (Å²) in [5.74, 6) is 0.769. The molecule has 1 fully saturated rings. The summed E-state index contributed by atoms with van der Waals surface area (Å²) in [5, 5.41) is 2.95. The Morgan fingerprint density at radius 1 is 1.11 bits per heavy atom. The van der Waals surface area contributed by atoms with Crippen molar-refractivity contribution in [3.05, 3.63) is 53.8 Å². The lowest BCUT2D eigenvalue weighted by Gasteiger charge is -2.32. The van der Waals surface area contributed by atoms with Crippen LogP contribution in [0.2, 0.25) is 0 Å². The van der Waals surface area contributed by atoms with Gasteiger partial charge in [0, 0.05) is 12.5 Å². The molecule has 0 bridgehead atoms. The van der Waals surface area contributed by atoms with E-state index in [1.165, 1.54) is 12.1 Å². The summed E-state index contributed by atoms with van der Waals surface area (Å²) in [6, 6.07) is 10.8. The first-order valence-electron chi connectivity index (χ1n) is 8.90. The SMILES string of the molecule is O=C(NC1COCCC1Oc1cccc(F)c1)c1cccc2c1OCCO2. The van der Waals surface area contributed by atoms with Gasteiger partial charge < -0.3 is 24.3 Å². The monoisotopic (exact) mass is 373 g/mol. The van der Waals surface area contributed by atoms with E-state index in [0.717, 1.165) is 0 Å². The van der Waals surface area contributed by atoms with E-state index in [1.807, 2.05) is 0 Å². The molecule has 0 saturated carbocycles. The Morgan fingerprint density at radius 2 is 1.96 bits per heavy atom. The number of benzene rings is 2. The van der Waals surface area contributed by atoms with Crippen molar-refractivity contribution in [2.24, 2.45) is 0 Å². The van der Waals surface area contributed by atoms with Crippen molar-refractivity contribution in [3.8, 4) is 17.2 Å². The number of ether oxygens (including phenoxy) is 4. The van der Waals surface area contributed by atoms with E-state index in [2.05, 4.69) is 5.32 Å². The maximum absolute atomic E-state index is 13.4. The minimum absolute atomic E-state index is 0.291. The fourth-order valence-corrected chi connectivity index (χ4v) is 3.21. The molecule has 27 heavy (non-hydrogen) atoms. The van der Waals surface area contributed by atoms with Crippen molar-refractivity contribution < 1.29 is 28.1 Å². The van der Waals surface area contributed by atoms with Crippen LogP contribution in [0.4, 0.5) is 4.39 Å². The van der Waals surface area contributed by atoms with Crippen molar-refractivity contribution in [3.63, 3.8) is 0 Å². The Balaban J connectivity index is 1.49. The Labute approximate surface area is 156 Å². The summed E-state index contributed by atoms with van der Waals surface area (Å²) in [5.41, 5.74) is 0.405. The quantitative estimate of drug-likeness (QED) is 0.892. The van der Waals surface area contributed by atoms with Gasteiger partial charge in [0.05, 0.1) is 24.8 Å². The van der Waals surface area contributed by atoms with Crippen LogP contribution in [-0.2, 0) is 4.74 Å². The minimum Gasteiger partial charge on any atom is -0.488 e. The maximum Gasteiger partial charge on any atom is 0.255 e. The second-order valence-electron chi connectivity index (χ2n) is 6.39. The highest BCUT2D eigenvalue weighted by atomic mass is 19.1. The molecule has 7 heteroatoms. The molecule has 2 aliphatic rings. The fourth-order valence-electron chi connectivity index (χ4n) is 3.21. The number of nitrogens with one attached hydrogen (secondary N) is 1. The number of hydrogen-bond acceptors (Lipinski definition) is 5. The minimum atomic E-state index is -0.367. The number of amides is 1. The lowest BCUT2D eigenvalue weighted by Crippen LogP contribution is -2.51. The van der Waals surface area contributed by atoms with Crippen molar-refractivity contribution in [1.82, 2.24) is 5.32 Å². The molecule has 0 aliphatic carbocycles. The van der Waals surface area contributed by atoms with E-state index in [4.69, 9.17) is 18.9 Å². The van der Waals surface area contributed by atoms with Gasteiger partial charge in [0.1, 0.15) is 30.9 Å². The summed E-state index contributed by atoms with van der Waals surface area (Å²) in [7, 11) is 0. The lowest BCUT2D eigenvalue weighted by atomic mass is 10.0. The molecular weight excluding hydrogens is 353 g/mol. The number of rotatable bonds is 4. The fraction of sp³-hybridized carbons (Fsp3) is 0.350. The predicted octanol–water partition coefficient (Wildman–Crippen LogP) is 2.56. The van der Waals surface area contributed by atoms with Crippen LogP contribution in [0.5, 0.6) is 17.2 Å². The highest BCUT2D eigenvalue weighted by molar-refractivity contribution is 5.98. The van der Waals surface area contributed by atoms with Crippen molar-refractivity contribution in [1.29, 1.82) is 0 Å². The zero-order chi connectivity index (χ0) is 18.6. The van der Waals surface area contributed by atoms with Crippen LogP contribution < -0.4 is 19.5 Å². The second kappa shape index (κ2) is 7.84. The number of carbonyl (C=O) groups is 1. The van der Waals surface area contributed by atoms with Gasteiger partial charge in [-0.15, -0.1) is 0 Å². The van der Waals surface area contributed by atoms with E-state index in [9.17, 15) is 9.18 Å². The Morgan fingerprint density at radius 3 is 2.85 bits per heavy atom. The van der Waals surface area contributed by atoms with Gasteiger partial charge in [-0.3, -0.25) is 4.79 Å².